The number of aliphatic hydroxyl groups excluding tert-OH is 1. The Morgan fingerprint density at radius 1 is 1.47 bits per heavy atom. The summed E-state index contributed by atoms with van der Waals surface area (Å²) in [6.07, 6.45) is 2.96. The van der Waals surface area contributed by atoms with E-state index in [0.717, 1.165) is 12.8 Å². The lowest BCUT2D eigenvalue weighted by molar-refractivity contribution is 0.131. The van der Waals surface area contributed by atoms with Gasteiger partial charge in [0.15, 0.2) is 0 Å². The zero-order valence-electron chi connectivity index (χ0n) is 10.2. The van der Waals surface area contributed by atoms with Gasteiger partial charge >= 0.3 is 0 Å². The molecule has 0 aromatic carbocycles. The molecule has 0 radical (unpaired) electrons. The second-order valence-electron chi connectivity index (χ2n) is 4.62. The highest BCUT2D eigenvalue weighted by Crippen LogP contribution is 2.32. The molecular weight excluding hydrogens is 240 g/mol. The zero-order valence-corrected chi connectivity index (χ0v) is 11.0. The van der Waals surface area contributed by atoms with Gasteiger partial charge in [-0.1, -0.05) is 0 Å². The van der Waals surface area contributed by atoms with Crippen LogP contribution in [0.5, 0.6) is 0 Å². The summed E-state index contributed by atoms with van der Waals surface area (Å²) in [5, 5.41) is 18.0. The Kier molecular flexibility index (Phi) is 5.37. The molecule has 0 aromatic rings. The van der Waals surface area contributed by atoms with Crippen LogP contribution in [0.15, 0.2) is 0 Å². The molecule has 1 atom stereocenters. The molecule has 0 spiro atoms. The van der Waals surface area contributed by atoms with Gasteiger partial charge < -0.3 is 5.11 Å². The molecule has 1 saturated carbocycles. The summed E-state index contributed by atoms with van der Waals surface area (Å²) in [7, 11) is -1.77. The van der Waals surface area contributed by atoms with Gasteiger partial charge in [-0.15, -0.1) is 0 Å². The number of aliphatic hydroxyl groups is 1. The average Bonchev–Trinajstić information content (AvgIpc) is 3.08. The Morgan fingerprint density at radius 3 is 2.65 bits per heavy atom. The second-order valence-corrected chi connectivity index (χ2v) is 6.81. The first-order valence-corrected chi connectivity index (χ1v) is 7.57. The number of sulfonamides is 1. The molecule has 0 saturated heterocycles. The fraction of sp³-hybridized carbons (Fsp3) is 0.909. The molecule has 98 valence electrons. The van der Waals surface area contributed by atoms with Crippen molar-refractivity contribution in [1.82, 2.24) is 4.31 Å². The van der Waals surface area contributed by atoms with Crippen LogP contribution in [0, 0.1) is 17.2 Å². The number of unbranched alkanes of at least 4 members (excludes halogenated alkanes) is 2. The predicted octanol–water partition coefficient (Wildman–Crippen LogP) is 0.713. The highest BCUT2D eigenvalue weighted by molar-refractivity contribution is 7.89. The fourth-order valence-corrected chi connectivity index (χ4v) is 2.91. The number of nitrogens with zero attached hydrogens (tertiary/aromatic N) is 2. The molecule has 5 nitrogen and oxygen atoms in total. The van der Waals surface area contributed by atoms with Crippen LogP contribution < -0.4 is 0 Å². The largest absolute Gasteiger partial charge is 0.391 e. The molecule has 1 N–H and O–H groups in total. The third kappa shape index (κ3) is 5.02. The van der Waals surface area contributed by atoms with Gasteiger partial charge in [-0.25, -0.2) is 12.7 Å². The molecule has 0 heterocycles. The Balaban J connectivity index is 2.32. The molecule has 0 bridgehead atoms. The van der Waals surface area contributed by atoms with Crippen molar-refractivity contribution >= 4 is 10.0 Å². The molecule has 0 aliphatic heterocycles. The first kappa shape index (κ1) is 14.4. The lowest BCUT2D eigenvalue weighted by Gasteiger charge is -2.20. The lowest BCUT2D eigenvalue weighted by atomic mass is 10.2. The highest BCUT2D eigenvalue weighted by atomic mass is 32.2. The van der Waals surface area contributed by atoms with Gasteiger partial charge in [0.05, 0.1) is 17.9 Å². The predicted molar refractivity (Wildman–Crippen MR) is 64.6 cm³/mol. The fourth-order valence-electron chi connectivity index (χ4n) is 1.65. The van der Waals surface area contributed by atoms with Crippen molar-refractivity contribution in [2.45, 2.75) is 38.2 Å². The third-order valence-electron chi connectivity index (χ3n) is 3.03. The van der Waals surface area contributed by atoms with Crippen molar-refractivity contribution in [1.29, 1.82) is 5.26 Å². The molecule has 1 aliphatic carbocycles. The molecule has 1 fully saturated rings. The van der Waals surface area contributed by atoms with Crippen LogP contribution in [0.2, 0.25) is 0 Å². The quantitative estimate of drug-likeness (QED) is 0.652. The summed E-state index contributed by atoms with van der Waals surface area (Å²) in [4.78, 5) is 0. The summed E-state index contributed by atoms with van der Waals surface area (Å²) in [5.41, 5.74) is 0. The van der Waals surface area contributed by atoms with Crippen molar-refractivity contribution in [3.05, 3.63) is 0 Å². The summed E-state index contributed by atoms with van der Waals surface area (Å²) >= 11 is 0. The van der Waals surface area contributed by atoms with E-state index in [1.807, 2.05) is 6.07 Å². The molecule has 1 unspecified atom stereocenters. The summed E-state index contributed by atoms with van der Waals surface area (Å²) in [6, 6.07) is 1.99. The summed E-state index contributed by atoms with van der Waals surface area (Å²) in [5.74, 6) is 0.342. The summed E-state index contributed by atoms with van der Waals surface area (Å²) in [6.45, 7) is 0.186. The molecule has 0 aromatic heterocycles. The number of nitriles is 1. The topological polar surface area (TPSA) is 81.4 Å². The third-order valence-corrected chi connectivity index (χ3v) is 4.93. The number of likely N-dealkylation sites (N-methyl/N-ethyl adjacent to an activating group) is 1. The van der Waals surface area contributed by atoms with Gasteiger partial charge in [0, 0.05) is 20.0 Å². The first-order valence-electron chi connectivity index (χ1n) is 5.96. The monoisotopic (exact) mass is 260 g/mol. The van der Waals surface area contributed by atoms with Crippen molar-refractivity contribution < 1.29 is 13.5 Å². The van der Waals surface area contributed by atoms with Crippen LogP contribution in [0.25, 0.3) is 0 Å². The maximum atomic E-state index is 11.8. The molecule has 1 aliphatic rings. The Morgan fingerprint density at radius 2 is 2.12 bits per heavy atom. The van der Waals surface area contributed by atoms with Gasteiger partial charge in [0.1, 0.15) is 0 Å². The molecular formula is C11H20N2O3S. The van der Waals surface area contributed by atoms with Crippen LogP contribution in [0.3, 0.4) is 0 Å². The minimum atomic E-state index is -3.28. The minimum absolute atomic E-state index is 0.0581. The van der Waals surface area contributed by atoms with Crippen molar-refractivity contribution in [3.63, 3.8) is 0 Å². The normalized spacial score (nSPS) is 18.0. The van der Waals surface area contributed by atoms with E-state index in [9.17, 15) is 13.5 Å². The minimum Gasteiger partial charge on any atom is -0.391 e. The van der Waals surface area contributed by atoms with Gasteiger partial charge in [-0.05, 0) is 31.6 Å². The first-order chi connectivity index (χ1) is 7.97. The number of hydrogen-bond donors (Lipinski definition) is 1. The highest BCUT2D eigenvalue weighted by Gasteiger charge is 2.32. The van der Waals surface area contributed by atoms with E-state index in [2.05, 4.69) is 0 Å². The van der Waals surface area contributed by atoms with Crippen LogP contribution in [0.1, 0.15) is 32.1 Å². The SMILES string of the molecule is CN(CC(O)C1CC1)S(=O)(=O)CCCCC#N. The van der Waals surface area contributed by atoms with Crippen LogP contribution in [-0.4, -0.2) is 43.3 Å². The van der Waals surface area contributed by atoms with Gasteiger partial charge in [-0.2, -0.15) is 5.26 Å². The van der Waals surface area contributed by atoms with E-state index in [-0.39, 0.29) is 18.2 Å². The van der Waals surface area contributed by atoms with Crippen molar-refractivity contribution in [2.24, 2.45) is 5.92 Å². The molecule has 0 amide bonds. The van der Waals surface area contributed by atoms with Crippen LogP contribution >= 0.6 is 0 Å². The number of hydrogen-bond acceptors (Lipinski definition) is 4. The van der Waals surface area contributed by atoms with Gasteiger partial charge in [-0.3, -0.25) is 0 Å². The smallest absolute Gasteiger partial charge is 0.213 e. The van der Waals surface area contributed by atoms with Crippen LogP contribution in [0.4, 0.5) is 0 Å². The van der Waals surface area contributed by atoms with E-state index in [4.69, 9.17) is 5.26 Å². The van der Waals surface area contributed by atoms with Crippen LogP contribution in [-0.2, 0) is 10.0 Å². The standard InChI is InChI=1S/C11H20N2O3S/c1-13(9-11(14)10-5-6-10)17(15,16)8-4-2-3-7-12/h10-11,14H,2-6,8-9H2,1H3. The summed E-state index contributed by atoms with van der Waals surface area (Å²) < 4.78 is 24.8. The Labute approximate surface area is 103 Å². The van der Waals surface area contributed by atoms with E-state index in [1.54, 1.807) is 0 Å². The van der Waals surface area contributed by atoms with E-state index < -0.39 is 16.1 Å². The van der Waals surface area contributed by atoms with E-state index in [0.29, 0.717) is 19.3 Å². The van der Waals surface area contributed by atoms with Gasteiger partial charge in [0.2, 0.25) is 10.0 Å². The van der Waals surface area contributed by atoms with Gasteiger partial charge in [0.25, 0.3) is 0 Å². The average molecular weight is 260 g/mol. The second kappa shape index (κ2) is 6.34. The Hall–Kier alpha value is -0.640. The van der Waals surface area contributed by atoms with E-state index in [1.165, 1.54) is 11.4 Å². The zero-order chi connectivity index (χ0) is 12.9. The maximum absolute atomic E-state index is 11.8. The van der Waals surface area contributed by atoms with Crippen molar-refractivity contribution in [3.8, 4) is 6.07 Å². The molecule has 1 rings (SSSR count). The molecule has 6 heteroatoms. The van der Waals surface area contributed by atoms with E-state index >= 15 is 0 Å². The lowest BCUT2D eigenvalue weighted by Crippen LogP contribution is -2.36. The maximum Gasteiger partial charge on any atom is 0.213 e. The molecule has 17 heavy (non-hydrogen) atoms. The Bertz CT molecular complexity index is 371. The number of rotatable bonds is 8. The van der Waals surface area contributed by atoms with Crippen molar-refractivity contribution in [2.75, 3.05) is 19.3 Å².